The predicted octanol–water partition coefficient (Wildman–Crippen LogP) is 0.483. The fraction of sp³-hybridized carbons (Fsp3) is 0.818. The summed E-state index contributed by atoms with van der Waals surface area (Å²) in [5.74, 6) is 1.03. The fourth-order valence-electron chi connectivity index (χ4n) is 2.13. The summed E-state index contributed by atoms with van der Waals surface area (Å²) in [4.78, 5) is 6.74. The van der Waals surface area contributed by atoms with Crippen molar-refractivity contribution in [3.05, 3.63) is 12.2 Å². The Morgan fingerprint density at radius 2 is 2.19 bits per heavy atom. The van der Waals surface area contributed by atoms with E-state index in [9.17, 15) is 0 Å². The van der Waals surface area contributed by atoms with Gasteiger partial charge in [-0.1, -0.05) is 0 Å². The van der Waals surface area contributed by atoms with Crippen LogP contribution in [0, 0.1) is 0 Å². The lowest BCUT2D eigenvalue weighted by molar-refractivity contribution is 0.334. The van der Waals surface area contributed by atoms with Crippen LogP contribution < -0.4 is 5.32 Å². The summed E-state index contributed by atoms with van der Waals surface area (Å²) in [5.41, 5.74) is 0. The highest BCUT2D eigenvalue weighted by molar-refractivity contribution is 4.83. The largest absolute Gasteiger partial charge is 0.309 e. The number of rotatable bonds is 6. The van der Waals surface area contributed by atoms with E-state index < -0.39 is 0 Å². The van der Waals surface area contributed by atoms with Crippen molar-refractivity contribution < 1.29 is 0 Å². The van der Waals surface area contributed by atoms with Gasteiger partial charge in [0, 0.05) is 19.6 Å². The average molecular weight is 223 g/mol. The molecule has 1 N–H and O–H groups in total. The Bertz CT molecular complexity index is 303. The Kier molecular flexibility index (Phi) is 4.30. The van der Waals surface area contributed by atoms with Gasteiger partial charge in [-0.15, -0.1) is 0 Å². The van der Waals surface area contributed by atoms with Crippen molar-refractivity contribution >= 4 is 0 Å². The zero-order valence-corrected chi connectivity index (χ0v) is 10.0. The second-order valence-corrected chi connectivity index (χ2v) is 4.22. The van der Waals surface area contributed by atoms with Gasteiger partial charge in [-0.3, -0.25) is 0 Å². The van der Waals surface area contributed by atoms with E-state index in [4.69, 9.17) is 0 Å². The first-order valence-corrected chi connectivity index (χ1v) is 6.20. The van der Waals surface area contributed by atoms with Gasteiger partial charge >= 0.3 is 0 Å². The van der Waals surface area contributed by atoms with E-state index in [2.05, 4.69) is 27.2 Å². The zero-order chi connectivity index (χ0) is 11.2. The van der Waals surface area contributed by atoms with Gasteiger partial charge in [-0.2, -0.15) is 5.10 Å². The molecule has 0 amide bonds. The topological polar surface area (TPSA) is 46.0 Å². The first-order valence-electron chi connectivity index (χ1n) is 6.20. The molecule has 5 heteroatoms. The predicted molar refractivity (Wildman–Crippen MR) is 63.1 cm³/mol. The Morgan fingerprint density at radius 3 is 2.94 bits per heavy atom. The summed E-state index contributed by atoms with van der Waals surface area (Å²) in [5, 5.41) is 7.57. The number of aryl methyl sites for hydroxylation is 1. The maximum absolute atomic E-state index is 4.23. The molecule has 0 bridgehead atoms. The van der Waals surface area contributed by atoms with Gasteiger partial charge in [0.25, 0.3) is 0 Å². The molecule has 1 fully saturated rings. The molecule has 1 saturated heterocycles. The van der Waals surface area contributed by atoms with E-state index in [1.54, 1.807) is 6.33 Å². The highest BCUT2D eigenvalue weighted by Crippen LogP contribution is 2.05. The molecular formula is C11H21N5. The van der Waals surface area contributed by atoms with Crippen LogP contribution in [0.25, 0.3) is 0 Å². The molecular weight excluding hydrogens is 202 g/mol. The highest BCUT2D eigenvalue weighted by atomic mass is 15.3. The maximum Gasteiger partial charge on any atom is 0.140 e. The first-order chi connectivity index (χ1) is 7.90. The van der Waals surface area contributed by atoms with Crippen molar-refractivity contribution in [2.24, 2.45) is 0 Å². The van der Waals surface area contributed by atoms with Crippen molar-refractivity contribution in [1.29, 1.82) is 0 Å². The van der Waals surface area contributed by atoms with Crippen molar-refractivity contribution in [3.8, 4) is 0 Å². The lowest BCUT2D eigenvalue weighted by Gasteiger charge is -2.14. The fourth-order valence-corrected chi connectivity index (χ4v) is 2.13. The van der Waals surface area contributed by atoms with E-state index in [-0.39, 0.29) is 0 Å². The number of hydrogen-bond donors (Lipinski definition) is 1. The van der Waals surface area contributed by atoms with Crippen molar-refractivity contribution in [1.82, 2.24) is 25.0 Å². The number of hydrogen-bond acceptors (Lipinski definition) is 4. The average Bonchev–Trinajstić information content (AvgIpc) is 2.95. The number of nitrogens with zero attached hydrogens (tertiary/aromatic N) is 4. The van der Waals surface area contributed by atoms with Gasteiger partial charge in [0.2, 0.25) is 0 Å². The second-order valence-electron chi connectivity index (χ2n) is 4.22. The Balaban J connectivity index is 1.64. The molecule has 1 aliphatic heterocycles. The zero-order valence-electron chi connectivity index (χ0n) is 10.0. The normalized spacial score (nSPS) is 17.1. The van der Waals surface area contributed by atoms with E-state index in [0.29, 0.717) is 0 Å². The minimum absolute atomic E-state index is 0.821. The van der Waals surface area contributed by atoms with Crippen LogP contribution in [0.5, 0.6) is 0 Å². The quantitative estimate of drug-likeness (QED) is 0.713. The third-order valence-electron chi connectivity index (χ3n) is 3.08. The molecule has 90 valence electrons. The summed E-state index contributed by atoms with van der Waals surface area (Å²) in [6.07, 6.45) is 4.36. The molecule has 0 spiro atoms. The monoisotopic (exact) mass is 223 g/mol. The lowest BCUT2D eigenvalue weighted by atomic mass is 10.4. The van der Waals surface area contributed by atoms with Gasteiger partial charge < -0.3 is 10.2 Å². The standard InChI is InChI=1S/C11H21N5/c1-2-16-11(13-10-14-16)9-12-5-8-15-6-3-4-7-15/h10,12H,2-9H2,1H3. The molecule has 0 atom stereocenters. The first kappa shape index (κ1) is 11.5. The lowest BCUT2D eigenvalue weighted by Crippen LogP contribution is -2.30. The van der Waals surface area contributed by atoms with Gasteiger partial charge in [0.15, 0.2) is 0 Å². The molecule has 0 saturated carbocycles. The summed E-state index contributed by atoms with van der Waals surface area (Å²) in [6, 6.07) is 0. The summed E-state index contributed by atoms with van der Waals surface area (Å²) >= 11 is 0. The van der Waals surface area contributed by atoms with Gasteiger partial charge in [0.05, 0.1) is 6.54 Å². The molecule has 5 nitrogen and oxygen atoms in total. The number of aromatic nitrogens is 3. The summed E-state index contributed by atoms with van der Waals surface area (Å²) in [6.45, 7) is 8.53. The molecule has 2 rings (SSSR count). The molecule has 0 aromatic carbocycles. The molecule has 0 aliphatic carbocycles. The summed E-state index contributed by atoms with van der Waals surface area (Å²) < 4.78 is 1.93. The van der Waals surface area contributed by atoms with Gasteiger partial charge in [0.1, 0.15) is 12.2 Å². The SMILES string of the molecule is CCn1ncnc1CNCCN1CCCC1. The van der Waals surface area contributed by atoms with Crippen LogP contribution in [0.15, 0.2) is 6.33 Å². The van der Waals surface area contributed by atoms with Crippen molar-refractivity contribution in [3.63, 3.8) is 0 Å². The second kappa shape index (κ2) is 5.96. The third-order valence-corrected chi connectivity index (χ3v) is 3.08. The molecule has 16 heavy (non-hydrogen) atoms. The van der Waals surface area contributed by atoms with E-state index >= 15 is 0 Å². The molecule has 1 aromatic heterocycles. The molecule has 1 aliphatic rings. The van der Waals surface area contributed by atoms with E-state index in [1.807, 2.05) is 4.68 Å². The molecule has 2 heterocycles. The van der Waals surface area contributed by atoms with Crippen LogP contribution in [-0.2, 0) is 13.1 Å². The van der Waals surface area contributed by atoms with Crippen LogP contribution in [0.2, 0.25) is 0 Å². The smallest absolute Gasteiger partial charge is 0.140 e. The third kappa shape index (κ3) is 3.02. The maximum atomic E-state index is 4.23. The number of likely N-dealkylation sites (tertiary alicyclic amines) is 1. The van der Waals surface area contributed by atoms with E-state index in [0.717, 1.165) is 32.0 Å². The van der Waals surface area contributed by atoms with Crippen molar-refractivity contribution in [2.75, 3.05) is 26.2 Å². The minimum Gasteiger partial charge on any atom is -0.309 e. The van der Waals surface area contributed by atoms with Crippen molar-refractivity contribution in [2.45, 2.75) is 32.9 Å². The van der Waals surface area contributed by atoms with Crippen LogP contribution in [0.3, 0.4) is 0 Å². The van der Waals surface area contributed by atoms with Crippen LogP contribution >= 0.6 is 0 Å². The molecule has 0 unspecified atom stereocenters. The van der Waals surface area contributed by atoms with Gasteiger partial charge in [-0.25, -0.2) is 9.67 Å². The van der Waals surface area contributed by atoms with E-state index in [1.165, 1.54) is 25.9 Å². The minimum atomic E-state index is 0.821. The van der Waals surface area contributed by atoms with Crippen LogP contribution in [0.4, 0.5) is 0 Å². The highest BCUT2D eigenvalue weighted by Gasteiger charge is 2.10. The molecule has 1 aromatic rings. The number of nitrogens with one attached hydrogen (secondary N) is 1. The van der Waals surface area contributed by atoms with Crippen LogP contribution in [-0.4, -0.2) is 45.8 Å². The van der Waals surface area contributed by atoms with Gasteiger partial charge in [-0.05, 0) is 32.9 Å². The summed E-state index contributed by atoms with van der Waals surface area (Å²) in [7, 11) is 0. The molecule has 0 radical (unpaired) electrons. The van der Waals surface area contributed by atoms with Crippen LogP contribution in [0.1, 0.15) is 25.6 Å². The Hall–Kier alpha value is -0.940. The Morgan fingerprint density at radius 1 is 1.38 bits per heavy atom. The Labute approximate surface area is 96.8 Å².